The highest BCUT2D eigenvalue weighted by Gasteiger charge is 2.22. The summed E-state index contributed by atoms with van der Waals surface area (Å²) in [5.41, 5.74) is 6.93. The first-order chi connectivity index (χ1) is 4.89. The van der Waals surface area contributed by atoms with Gasteiger partial charge in [-0.3, -0.25) is 0 Å². The first kappa shape index (κ1) is 10.7. The zero-order valence-corrected chi connectivity index (χ0v) is 8.07. The fraction of sp³-hybridized carbons (Fsp3) is 0.778. The first-order valence-electron chi connectivity index (χ1n) is 4.00. The molecule has 0 fully saturated rings. The van der Waals surface area contributed by atoms with E-state index in [1.54, 1.807) is 0 Å². The van der Waals surface area contributed by atoms with Gasteiger partial charge in [-0.2, -0.15) is 0 Å². The third-order valence-corrected chi connectivity index (χ3v) is 2.13. The number of rotatable bonds is 4. The summed E-state index contributed by atoms with van der Waals surface area (Å²) in [7, 11) is 1.92. The smallest absolute Gasteiger partial charge is 0.0162 e. The van der Waals surface area contributed by atoms with Gasteiger partial charge in [-0.05, 0) is 26.8 Å². The predicted molar refractivity (Wildman–Crippen MR) is 50.5 cm³/mol. The van der Waals surface area contributed by atoms with Gasteiger partial charge >= 0.3 is 0 Å². The van der Waals surface area contributed by atoms with Crippen LogP contribution in [0.5, 0.6) is 0 Å². The Morgan fingerprint density at radius 3 is 2.36 bits per heavy atom. The number of hydrogen-bond acceptors (Lipinski definition) is 2. The average molecular weight is 156 g/mol. The van der Waals surface area contributed by atoms with Crippen LogP contribution in [0.3, 0.4) is 0 Å². The van der Waals surface area contributed by atoms with Crippen LogP contribution in [0, 0.1) is 5.92 Å². The zero-order chi connectivity index (χ0) is 9.07. The molecule has 66 valence electrons. The van der Waals surface area contributed by atoms with Gasteiger partial charge in [-0.25, -0.2) is 0 Å². The molecule has 0 amide bonds. The van der Waals surface area contributed by atoms with Crippen LogP contribution in [0.15, 0.2) is 12.2 Å². The number of hydrogen-bond donors (Lipinski definition) is 2. The molecular formula is C9H20N2. The molecule has 2 nitrogen and oxygen atoms in total. The highest BCUT2D eigenvalue weighted by molar-refractivity contribution is 5.07. The minimum absolute atomic E-state index is 0.159. The summed E-state index contributed by atoms with van der Waals surface area (Å²) in [6.07, 6.45) is 0. The molecule has 11 heavy (non-hydrogen) atoms. The van der Waals surface area contributed by atoms with Crippen molar-refractivity contribution in [2.24, 2.45) is 11.7 Å². The van der Waals surface area contributed by atoms with Crippen LogP contribution in [0.25, 0.3) is 0 Å². The molecule has 3 N–H and O–H groups in total. The molecule has 0 aromatic heterocycles. The second-order valence-corrected chi connectivity index (χ2v) is 3.73. The van der Waals surface area contributed by atoms with Crippen molar-refractivity contribution in [3.8, 4) is 0 Å². The van der Waals surface area contributed by atoms with Crippen molar-refractivity contribution >= 4 is 0 Å². The molecule has 0 aromatic carbocycles. The van der Waals surface area contributed by atoms with E-state index in [4.69, 9.17) is 5.73 Å². The molecule has 0 aliphatic heterocycles. The Balaban J connectivity index is 4.03. The van der Waals surface area contributed by atoms with Gasteiger partial charge in [0.15, 0.2) is 0 Å². The Morgan fingerprint density at radius 1 is 1.64 bits per heavy atom. The summed E-state index contributed by atoms with van der Waals surface area (Å²) in [6, 6.07) is 0. The molecule has 0 rings (SSSR count). The molecule has 0 saturated carbocycles. The van der Waals surface area contributed by atoms with Crippen molar-refractivity contribution in [3.05, 3.63) is 12.2 Å². The van der Waals surface area contributed by atoms with E-state index in [1.165, 1.54) is 5.57 Å². The van der Waals surface area contributed by atoms with Gasteiger partial charge in [0.05, 0.1) is 0 Å². The van der Waals surface area contributed by atoms with E-state index in [1.807, 2.05) is 20.9 Å². The summed E-state index contributed by atoms with van der Waals surface area (Å²) in [4.78, 5) is 0. The maximum atomic E-state index is 5.92. The van der Waals surface area contributed by atoms with Gasteiger partial charge in [0.1, 0.15) is 0 Å². The van der Waals surface area contributed by atoms with Crippen molar-refractivity contribution in [2.45, 2.75) is 26.3 Å². The molecule has 0 bridgehead atoms. The summed E-state index contributed by atoms with van der Waals surface area (Å²) in [5.74, 6) is 0.356. The van der Waals surface area contributed by atoms with Crippen LogP contribution in [-0.4, -0.2) is 19.1 Å². The van der Waals surface area contributed by atoms with Crippen molar-refractivity contribution < 1.29 is 0 Å². The topological polar surface area (TPSA) is 38.0 Å². The molecule has 0 saturated heterocycles. The molecule has 0 heterocycles. The van der Waals surface area contributed by atoms with Gasteiger partial charge in [-0.1, -0.05) is 19.1 Å². The Labute approximate surface area is 69.9 Å². The van der Waals surface area contributed by atoms with Gasteiger partial charge in [0, 0.05) is 12.1 Å². The van der Waals surface area contributed by atoms with E-state index in [-0.39, 0.29) is 5.54 Å². The fourth-order valence-corrected chi connectivity index (χ4v) is 0.906. The molecule has 0 aliphatic rings. The van der Waals surface area contributed by atoms with Crippen LogP contribution in [0.1, 0.15) is 20.8 Å². The second kappa shape index (κ2) is 3.88. The SMILES string of the molecule is C=C(CNC)C(C)C(C)(C)N. The van der Waals surface area contributed by atoms with Crippen molar-refractivity contribution in [1.82, 2.24) is 5.32 Å². The lowest BCUT2D eigenvalue weighted by Crippen LogP contribution is -2.41. The fourth-order valence-electron chi connectivity index (χ4n) is 0.906. The maximum Gasteiger partial charge on any atom is 0.0162 e. The minimum atomic E-state index is -0.159. The van der Waals surface area contributed by atoms with Crippen LogP contribution in [0.2, 0.25) is 0 Å². The summed E-state index contributed by atoms with van der Waals surface area (Å²) in [6.45, 7) is 11.0. The van der Waals surface area contributed by atoms with Crippen LogP contribution >= 0.6 is 0 Å². The van der Waals surface area contributed by atoms with Gasteiger partial charge in [0.25, 0.3) is 0 Å². The maximum absolute atomic E-state index is 5.92. The van der Waals surface area contributed by atoms with E-state index >= 15 is 0 Å². The molecule has 0 aromatic rings. The highest BCUT2D eigenvalue weighted by Crippen LogP contribution is 2.19. The Kier molecular flexibility index (Phi) is 3.76. The molecule has 1 atom stereocenters. The number of nitrogens with two attached hydrogens (primary N) is 1. The Hall–Kier alpha value is -0.340. The van der Waals surface area contributed by atoms with Crippen LogP contribution in [-0.2, 0) is 0 Å². The van der Waals surface area contributed by atoms with E-state index < -0.39 is 0 Å². The molecular weight excluding hydrogens is 136 g/mol. The van der Waals surface area contributed by atoms with E-state index in [0.29, 0.717) is 5.92 Å². The molecule has 1 unspecified atom stereocenters. The van der Waals surface area contributed by atoms with E-state index in [9.17, 15) is 0 Å². The van der Waals surface area contributed by atoms with Crippen LogP contribution in [0.4, 0.5) is 0 Å². The Morgan fingerprint density at radius 2 is 2.09 bits per heavy atom. The van der Waals surface area contributed by atoms with Crippen molar-refractivity contribution in [3.63, 3.8) is 0 Å². The normalized spacial score (nSPS) is 14.6. The summed E-state index contributed by atoms with van der Waals surface area (Å²) < 4.78 is 0. The molecule has 2 heteroatoms. The monoisotopic (exact) mass is 156 g/mol. The average Bonchev–Trinajstić information content (AvgIpc) is 1.85. The number of likely N-dealkylation sites (N-methyl/N-ethyl adjacent to an activating group) is 1. The third-order valence-electron chi connectivity index (χ3n) is 2.13. The summed E-state index contributed by atoms with van der Waals surface area (Å²) >= 11 is 0. The first-order valence-corrected chi connectivity index (χ1v) is 4.00. The standard InChI is InChI=1S/C9H20N2/c1-7(6-11-5)8(2)9(3,4)10/h8,11H,1,6,10H2,2-5H3. The van der Waals surface area contributed by atoms with Crippen LogP contribution < -0.4 is 11.1 Å². The largest absolute Gasteiger partial charge is 0.325 e. The van der Waals surface area contributed by atoms with E-state index in [2.05, 4.69) is 18.8 Å². The predicted octanol–water partition coefficient (Wildman–Crippen LogP) is 1.14. The molecule has 0 aliphatic carbocycles. The minimum Gasteiger partial charge on any atom is -0.325 e. The zero-order valence-electron chi connectivity index (χ0n) is 8.07. The highest BCUT2D eigenvalue weighted by atomic mass is 14.8. The quantitative estimate of drug-likeness (QED) is 0.599. The third kappa shape index (κ3) is 3.54. The number of nitrogens with one attached hydrogen (secondary N) is 1. The lowest BCUT2D eigenvalue weighted by atomic mass is 9.85. The molecule has 0 spiro atoms. The van der Waals surface area contributed by atoms with Gasteiger partial charge in [-0.15, -0.1) is 0 Å². The Bertz CT molecular complexity index is 133. The second-order valence-electron chi connectivity index (χ2n) is 3.73. The van der Waals surface area contributed by atoms with Crippen molar-refractivity contribution in [2.75, 3.05) is 13.6 Å². The van der Waals surface area contributed by atoms with Gasteiger partial charge in [0.2, 0.25) is 0 Å². The summed E-state index contributed by atoms with van der Waals surface area (Å²) in [5, 5.41) is 3.07. The molecule has 0 radical (unpaired) electrons. The van der Waals surface area contributed by atoms with Gasteiger partial charge < -0.3 is 11.1 Å². The lowest BCUT2D eigenvalue weighted by Gasteiger charge is -2.28. The van der Waals surface area contributed by atoms with E-state index in [0.717, 1.165) is 6.54 Å². The van der Waals surface area contributed by atoms with Crippen molar-refractivity contribution in [1.29, 1.82) is 0 Å². The lowest BCUT2D eigenvalue weighted by molar-refractivity contribution is 0.387.